The molecule has 228 valence electrons. The van der Waals surface area contributed by atoms with E-state index in [-0.39, 0.29) is 5.78 Å². The largest absolute Gasteiger partial charge is 0.497 e. The third-order valence-electron chi connectivity index (χ3n) is 7.88. The molecule has 2 saturated heterocycles. The lowest BCUT2D eigenvalue weighted by Gasteiger charge is -2.24. The lowest BCUT2D eigenvalue weighted by atomic mass is 10.1. The molecule has 2 heterocycles. The van der Waals surface area contributed by atoms with Crippen molar-refractivity contribution in [2.24, 2.45) is 0 Å². The van der Waals surface area contributed by atoms with Crippen LogP contribution in [0.5, 0.6) is 5.75 Å². The molecule has 7 nitrogen and oxygen atoms in total. The Labute approximate surface area is 258 Å². The van der Waals surface area contributed by atoms with E-state index < -0.39 is 0 Å². The summed E-state index contributed by atoms with van der Waals surface area (Å²) in [5, 5.41) is 7.00. The number of aliphatic hydroxyl groups is 1. The highest BCUT2D eigenvalue weighted by atomic mass is 16.5. The first-order valence-electron chi connectivity index (χ1n) is 14.9. The number of hydrogen-bond acceptors (Lipinski definition) is 5. The fourth-order valence-electron chi connectivity index (χ4n) is 5.16. The summed E-state index contributed by atoms with van der Waals surface area (Å²) in [6.07, 6.45) is 5.34. The van der Waals surface area contributed by atoms with Crippen molar-refractivity contribution < 1.29 is 14.6 Å². The van der Waals surface area contributed by atoms with Gasteiger partial charge in [-0.3, -0.25) is 14.6 Å². The minimum absolute atomic E-state index is 0.0292. The van der Waals surface area contributed by atoms with Gasteiger partial charge in [0.25, 0.3) is 0 Å². The smallest absolute Gasteiger partial charge is 0.187 e. The van der Waals surface area contributed by atoms with E-state index in [1.165, 1.54) is 69.9 Å². The maximum absolute atomic E-state index is 10.8. The number of nitrogens with zero attached hydrogens (tertiary/aromatic N) is 4. The monoisotopic (exact) mass is 582 g/mol. The first-order chi connectivity index (χ1) is 20.9. The molecule has 5 rings (SSSR count). The van der Waals surface area contributed by atoms with Crippen molar-refractivity contribution in [3.05, 3.63) is 112 Å². The molecule has 0 aromatic heterocycles. The van der Waals surface area contributed by atoms with Gasteiger partial charge in [0.05, 0.1) is 20.3 Å². The van der Waals surface area contributed by atoms with E-state index >= 15 is 0 Å². The van der Waals surface area contributed by atoms with Crippen LogP contribution in [0.2, 0.25) is 0 Å². The zero-order chi connectivity index (χ0) is 31.6. The number of rotatable bonds is 6. The quantitative estimate of drug-likeness (QED) is 0.234. The molecule has 0 radical (unpaired) electrons. The maximum Gasteiger partial charge on any atom is 0.187 e. The van der Waals surface area contributed by atoms with Gasteiger partial charge in [-0.15, -0.1) is 0 Å². The number of ketones is 1. The van der Waals surface area contributed by atoms with Gasteiger partial charge in [-0.2, -0.15) is 0 Å². The molecule has 2 aliphatic rings. The van der Waals surface area contributed by atoms with Crippen molar-refractivity contribution in [3.8, 4) is 5.75 Å². The predicted octanol–water partition coefficient (Wildman–Crippen LogP) is 8.29. The van der Waals surface area contributed by atoms with Crippen LogP contribution >= 0.6 is 0 Å². The highest BCUT2D eigenvalue weighted by molar-refractivity contribution is 5.94. The Balaban J connectivity index is 0.000000222. The van der Waals surface area contributed by atoms with Crippen LogP contribution in [0.4, 0.5) is 11.4 Å². The predicted molar refractivity (Wildman–Crippen MR) is 175 cm³/mol. The third-order valence-corrected chi connectivity index (χ3v) is 7.88. The fraction of sp³-hybridized carbons (Fsp3) is 0.417. The first-order valence-corrected chi connectivity index (χ1v) is 14.9. The molecule has 0 bridgehead atoms. The number of carbonyl (C=O) groups excluding carboxylic acids is 1. The van der Waals surface area contributed by atoms with Crippen LogP contribution < -0.4 is 4.74 Å². The van der Waals surface area contributed by atoms with Gasteiger partial charge in [0.15, 0.2) is 17.2 Å². The van der Waals surface area contributed by atoms with Crippen molar-refractivity contribution in [1.82, 2.24) is 9.80 Å². The lowest BCUT2D eigenvalue weighted by Crippen LogP contribution is -2.23. The Morgan fingerprint density at radius 3 is 1.37 bits per heavy atom. The summed E-state index contributed by atoms with van der Waals surface area (Å²) >= 11 is 0. The molecule has 7 heteroatoms. The van der Waals surface area contributed by atoms with Gasteiger partial charge in [-0.05, 0) is 95.9 Å². The first kappa shape index (κ1) is 35.2. The summed E-state index contributed by atoms with van der Waals surface area (Å²) in [5.74, 6) is 0.967. The molecule has 2 unspecified atom stereocenters. The molecule has 0 saturated carbocycles. The number of aliphatic hydroxyl groups excluding tert-OH is 1. The zero-order valence-electron chi connectivity index (χ0n) is 26.3. The van der Waals surface area contributed by atoms with Crippen LogP contribution in [-0.4, -0.2) is 61.1 Å². The number of carbonyl (C=O) groups is 1. The van der Waals surface area contributed by atoms with Crippen LogP contribution in [0, 0.1) is 13.1 Å². The van der Waals surface area contributed by atoms with Crippen LogP contribution in [0.15, 0.2) is 72.8 Å². The SMILES string of the molecule is CO.COc1ccc(C(C)N2CCCC2)cc1.[C-]#[N+]c1ccc(C(C)=O)cc1.[C-]#[N+]c1ccc(C(C)N2CCCC2)cc1. The normalized spacial score (nSPS) is 15.5. The van der Waals surface area contributed by atoms with E-state index in [2.05, 4.69) is 57.6 Å². The number of ether oxygens (including phenoxy) is 1. The highest BCUT2D eigenvalue weighted by Gasteiger charge is 2.20. The average Bonchev–Trinajstić information content (AvgIpc) is 3.82. The van der Waals surface area contributed by atoms with Crippen LogP contribution in [0.1, 0.15) is 80.0 Å². The summed E-state index contributed by atoms with van der Waals surface area (Å²) in [6.45, 7) is 24.5. The number of likely N-dealkylation sites (tertiary alicyclic amines) is 2. The van der Waals surface area contributed by atoms with E-state index in [0.29, 0.717) is 23.3 Å². The second kappa shape index (κ2) is 19.2. The van der Waals surface area contributed by atoms with Crippen LogP contribution in [0.3, 0.4) is 0 Å². The van der Waals surface area contributed by atoms with Gasteiger partial charge in [-0.25, -0.2) is 9.69 Å². The van der Waals surface area contributed by atoms with E-state index in [1.54, 1.807) is 31.4 Å². The molecule has 43 heavy (non-hydrogen) atoms. The average molecular weight is 583 g/mol. The van der Waals surface area contributed by atoms with Crippen LogP contribution in [-0.2, 0) is 0 Å². The molecule has 3 aromatic rings. The minimum Gasteiger partial charge on any atom is -0.497 e. The summed E-state index contributed by atoms with van der Waals surface area (Å²) in [4.78, 5) is 22.4. The molecular formula is C36H46N4O3. The molecule has 2 fully saturated rings. The Morgan fingerprint density at radius 1 is 0.698 bits per heavy atom. The Bertz CT molecular complexity index is 1300. The summed E-state index contributed by atoms with van der Waals surface area (Å²) < 4.78 is 5.16. The van der Waals surface area contributed by atoms with E-state index in [4.69, 9.17) is 23.0 Å². The molecular weight excluding hydrogens is 536 g/mol. The van der Waals surface area contributed by atoms with Gasteiger partial charge in [0.2, 0.25) is 0 Å². The molecule has 2 aliphatic heterocycles. The van der Waals surface area contributed by atoms with Gasteiger partial charge >= 0.3 is 0 Å². The second-order valence-corrected chi connectivity index (χ2v) is 10.5. The molecule has 0 spiro atoms. The minimum atomic E-state index is 0.0292. The van der Waals surface area contributed by atoms with E-state index in [0.717, 1.165) is 18.5 Å². The Morgan fingerprint density at radius 2 is 1.05 bits per heavy atom. The van der Waals surface area contributed by atoms with Crippen molar-refractivity contribution in [1.29, 1.82) is 0 Å². The molecule has 0 aliphatic carbocycles. The van der Waals surface area contributed by atoms with E-state index in [1.807, 2.05) is 24.3 Å². The van der Waals surface area contributed by atoms with Crippen molar-refractivity contribution in [2.75, 3.05) is 40.4 Å². The number of benzene rings is 3. The van der Waals surface area contributed by atoms with Crippen molar-refractivity contribution >= 4 is 17.2 Å². The molecule has 1 N–H and O–H groups in total. The standard InChI is InChI=1S/C13H16N2.C13H19NO.C9H7NO.CH4O/c1-11(15-9-3-4-10-15)12-5-7-13(14-2)8-6-12;1-11(14-9-3-4-10-14)12-5-7-13(15-2)8-6-12;1-7(11)8-3-5-9(10-2)6-4-8;1-2/h5-8,11H,3-4,9-10H2,1H3;5-8,11H,3-4,9-10H2,1-2H3;3-6H,1H3;2H,1H3. The number of hydrogen-bond donors (Lipinski definition) is 1. The summed E-state index contributed by atoms with van der Waals surface area (Å²) in [7, 11) is 2.71. The van der Waals surface area contributed by atoms with Gasteiger partial charge < -0.3 is 9.84 Å². The van der Waals surface area contributed by atoms with E-state index in [9.17, 15) is 4.79 Å². The van der Waals surface area contributed by atoms with Crippen molar-refractivity contribution in [3.63, 3.8) is 0 Å². The lowest BCUT2D eigenvalue weighted by molar-refractivity contribution is 0.101. The third kappa shape index (κ3) is 11.3. The molecule has 3 aromatic carbocycles. The molecule has 2 atom stereocenters. The van der Waals surface area contributed by atoms with Crippen molar-refractivity contribution in [2.45, 2.75) is 58.5 Å². The highest BCUT2D eigenvalue weighted by Crippen LogP contribution is 2.27. The second-order valence-electron chi connectivity index (χ2n) is 10.5. The van der Waals surface area contributed by atoms with Gasteiger partial charge in [-0.1, -0.05) is 60.7 Å². The Hall–Kier alpha value is -4.01. The topological polar surface area (TPSA) is 61.7 Å². The summed E-state index contributed by atoms with van der Waals surface area (Å²) in [6, 6.07) is 24.0. The number of methoxy groups -OCH3 is 1. The van der Waals surface area contributed by atoms with Gasteiger partial charge in [0, 0.05) is 24.8 Å². The fourth-order valence-corrected chi connectivity index (χ4v) is 5.16. The van der Waals surface area contributed by atoms with Gasteiger partial charge in [0.1, 0.15) is 5.75 Å². The Kier molecular flexibility index (Phi) is 15.7. The zero-order valence-corrected chi connectivity index (χ0v) is 26.3. The maximum atomic E-state index is 10.8. The summed E-state index contributed by atoms with van der Waals surface area (Å²) in [5.41, 5.74) is 4.65. The molecule has 0 amide bonds. The number of Topliss-reactive ketones (excluding diaryl/α,β-unsaturated/α-hetero) is 1. The van der Waals surface area contributed by atoms with Crippen LogP contribution in [0.25, 0.3) is 9.69 Å².